The summed E-state index contributed by atoms with van der Waals surface area (Å²) in [5.74, 6) is 6.16. The Morgan fingerprint density at radius 1 is 0.739 bits per heavy atom. The molecule has 3 rings (SSSR count). The van der Waals surface area contributed by atoms with Gasteiger partial charge in [0.2, 0.25) is 0 Å². The first-order valence-electron chi connectivity index (χ1n) is 7.45. The molecule has 3 aromatic rings. The molecule has 0 saturated carbocycles. The quantitative estimate of drug-likeness (QED) is 0.669. The average Bonchev–Trinajstić information content (AvgIpc) is 2.61. The number of rotatable bonds is 3. The third-order valence-corrected chi connectivity index (χ3v) is 3.42. The number of nitrogens with one attached hydrogen (secondary N) is 1. The van der Waals surface area contributed by atoms with Crippen LogP contribution in [0.1, 0.15) is 17.2 Å². The van der Waals surface area contributed by atoms with Crippen molar-refractivity contribution in [1.82, 2.24) is 0 Å². The minimum absolute atomic E-state index is 0.210. The lowest BCUT2D eigenvalue weighted by molar-refractivity contribution is 0.627. The van der Waals surface area contributed by atoms with Crippen LogP contribution in [-0.4, -0.2) is 0 Å². The van der Waals surface area contributed by atoms with Crippen LogP contribution in [0.2, 0.25) is 0 Å². The summed E-state index contributed by atoms with van der Waals surface area (Å²) in [5, 5.41) is 3.39. The summed E-state index contributed by atoms with van der Waals surface area (Å²) in [4.78, 5) is 0. The zero-order chi connectivity index (χ0) is 15.9. The molecule has 1 atom stereocenters. The van der Waals surface area contributed by atoms with Crippen LogP contribution in [-0.2, 0) is 0 Å². The maximum Gasteiger partial charge on any atom is 0.123 e. The summed E-state index contributed by atoms with van der Waals surface area (Å²) < 4.78 is 13.2. The molecule has 0 unspecified atom stereocenters. The molecule has 0 spiro atoms. The van der Waals surface area contributed by atoms with Crippen molar-refractivity contribution in [3.63, 3.8) is 0 Å². The normalized spacial score (nSPS) is 11.2. The van der Waals surface area contributed by atoms with Crippen LogP contribution in [0, 0.1) is 17.7 Å². The molecule has 0 heterocycles. The Morgan fingerprint density at radius 2 is 1.35 bits per heavy atom. The van der Waals surface area contributed by atoms with Crippen molar-refractivity contribution in [3.8, 4) is 11.8 Å². The molecular formula is C21H16FN. The molecule has 0 aliphatic rings. The molecular weight excluding hydrogens is 285 g/mol. The fourth-order valence-electron chi connectivity index (χ4n) is 2.24. The molecule has 0 amide bonds. The van der Waals surface area contributed by atoms with Crippen molar-refractivity contribution in [2.24, 2.45) is 0 Å². The lowest BCUT2D eigenvalue weighted by Gasteiger charge is -2.15. The second-order valence-electron chi connectivity index (χ2n) is 5.13. The standard InChI is InChI=1S/C21H16FN/c22-19-14-12-18(13-15-19)21(23-20-9-5-2-6-10-20)16-11-17-7-3-1-4-8-17/h1-10,12-15,21,23H/t21-/m0/s1. The first-order valence-corrected chi connectivity index (χ1v) is 7.45. The van der Waals surface area contributed by atoms with Gasteiger partial charge in [-0.3, -0.25) is 0 Å². The van der Waals surface area contributed by atoms with Gasteiger partial charge in [-0.05, 0) is 42.0 Å². The molecule has 0 aromatic heterocycles. The third-order valence-electron chi connectivity index (χ3n) is 3.42. The second-order valence-corrected chi connectivity index (χ2v) is 5.13. The molecule has 3 aromatic carbocycles. The van der Waals surface area contributed by atoms with E-state index in [1.165, 1.54) is 12.1 Å². The van der Waals surface area contributed by atoms with E-state index in [2.05, 4.69) is 17.2 Å². The minimum atomic E-state index is -0.247. The molecule has 0 fully saturated rings. The zero-order valence-electron chi connectivity index (χ0n) is 12.5. The van der Waals surface area contributed by atoms with Crippen LogP contribution < -0.4 is 5.32 Å². The summed E-state index contributed by atoms with van der Waals surface area (Å²) in [5.41, 5.74) is 2.86. The van der Waals surface area contributed by atoms with Gasteiger partial charge in [-0.25, -0.2) is 4.39 Å². The molecule has 0 radical (unpaired) electrons. The molecule has 0 aliphatic heterocycles. The average molecular weight is 301 g/mol. The van der Waals surface area contributed by atoms with Crippen LogP contribution in [0.5, 0.6) is 0 Å². The summed E-state index contributed by atoms with van der Waals surface area (Å²) in [6.07, 6.45) is 0. The Balaban J connectivity index is 1.90. The van der Waals surface area contributed by atoms with Crippen molar-refractivity contribution in [1.29, 1.82) is 0 Å². The molecule has 0 aliphatic carbocycles. The SMILES string of the molecule is Fc1ccc([C@H](C#Cc2ccccc2)Nc2ccccc2)cc1. The van der Waals surface area contributed by atoms with E-state index in [0.29, 0.717) is 0 Å². The first-order chi connectivity index (χ1) is 11.3. The first kappa shape index (κ1) is 14.9. The van der Waals surface area contributed by atoms with Crippen LogP contribution in [0.4, 0.5) is 10.1 Å². The summed E-state index contributed by atoms with van der Waals surface area (Å²) in [7, 11) is 0. The predicted molar refractivity (Wildman–Crippen MR) is 92.5 cm³/mol. The van der Waals surface area contributed by atoms with Crippen molar-refractivity contribution >= 4 is 5.69 Å². The monoisotopic (exact) mass is 301 g/mol. The number of hydrogen-bond donors (Lipinski definition) is 1. The van der Waals surface area contributed by atoms with E-state index in [1.54, 1.807) is 12.1 Å². The van der Waals surface area contributed by atoms with Gasteiger partial charge in [-0.15, -0.1) is 0 Å². The number of benzene rings is 3. The van der Waals surface area contributed by atoms with Crippen LogP contribution in [0.25, 0.3) is 0 Å². The predicted octanol–water partition coefficient (Wildman–Crippen LogP) is 5.03. The Morgan fingerprint density at radius 3 is 2.00 bits per heavy atom. The molecule has 1 nitrogen and oxygen atoms in total. The fourth-order valence-corrected chi connectivity index (χ4v) is 2.24. The Kier molecular flexibility index (Phi) is 4.71. The van der Waals surface area contributed by atoms with Gasteiger partial charge in [0.1, 0.15) is 11.9 Å². The lowest BCUT2D eigenvalue weighted by atomic mass is 10.1. The van der Waals surface area contributed by atoms with Gasteiger partial charge in [-0.1, -0.05) is 60.4 Å². The highest BCUT2D eigenvalue weighted by molar-refractivity contribution is 5.49. The Hall–Kier alpha value is -3.05. The van der Waals surface area contributed by atoms with Gasteiger partial charge < -0.3 is 5.32 Å². The molecule has 0 bridgehead atoms. The van der Waals surface area contributed by atoms with Crippen LogP contribution in [0.15, 0.2) is 84.9 Å². The van der Waals surface area contributed by atoms with Crippen LogP contribution in [0.3, 0.4) is 0 Å². The van der Waals surface area contributed by atoms with E-state index >= 15 is 0 Å². The summed E-state index contributed by atoms with van der Waals surface area (Å²) >= 11 is 0. The van der Waals surface area contributed by atoms with Gasteiger partial charge in [0.15, 0.2) is 0 Å². The maximum absolute atomic E-state index is 13.2. The molecule has 23 heavy (non-hydrogen) atoms. The number of anilines is 1. The number of halogens is 1. The maximum atomic E-state index is 13.2. The second kappa shape index (κ2) is 7.29. The molecule has 112 valence electrons. The van der Waals surface area contributed by atoms with Gasteiger partial charge in [0.05, 0.1) is 0 Å². The van der Waals surface area contributed by atoms with Gasteiger partial charge in [-0.2, -0.15) is 0 Å². The van der Waals surface area contributed by atoms with E-state index in [1.807, 2.05) is 60.7 Å². The minimum Gasteiger partial charge on any atom is -0.368 e. The van der Waals surface area contributed by atoms with E-state index in [4.69, 9.17) is 0 Å². The molecule has 2 heteroatoms. The largest absolute Gasteiger partial charge is 0.368 e. The highest BCUT2D eigenvalue weighted by Crippen LogP contribution is 2.19. The van der Waals surface area contributed by atoms with Gasteiger partial charge in [0, 0.05) is 11.3 Å². The van der Waals surface area contributed by atoms with Crippen molar-refractivity contribution in [2.75, 3.05) is 5.32 Å². The van der Waals surface area contributed by atoms with Crippen molar-refractivity contribution in [2.45, 2.75) is 6.04 Å². The van der Waals surface area contributed by atoms with Crippen molar-refractivity contribution < 1.29 is 4.39 Å². The molecule has 1 N–H and O–H groups in total. The van der Waals surface area contributed by atoms with E-state index in [9.17, 15) is 4.39 Å². The lowest BCUT2D eigenvalue weighted by Crippen LogP contribution is -2.08. The van der Waals surface area contributed by atoms with Gasteiger partial charge >= 0.3 is 0 Å². The number of para-hydroxylation sites is 1. The zero-order valence-corrected chi connectivity index (χ0v) is 12.5. The summed E-state index contributed by atoms with van der Waals surface area (Å²) in [6.45, 7) is 0. The Labute approximate surface area is 135 Å². The van der Waals surface area contributed by atoms with E-state index < -0.39 is 0 Å². The smallest absolute Gasteiger partial charge is 0.123 e. The highest BCUT2D eigenvalue weighted by Gasteiger charge is 2.08. The fraction of sp³-hybridized carbons (Fsp3) is 0.0476. The Bertz CT molecular complexity index is 799. The summed E-state index contributed by atoms with van der Waals surface area (Å²) in [6, 6.07) is 25.9. The topological polar surface area (TPSA) is 12.0 Å². The van der Waals surface area contributed by atoms with Crippen molar-refractivity contribution in [3.05, 3.63) is 102 Å². The number of hydrogen-bond acceptors (Lipinski definition) is 1. The third kappa shape index (κ3) is 4.21. The highest BCUT2D eigenvalue weighted by atomic mass is 19.1. The van der Waals surface area contributed by atoms with Gasteiger partial charge in [0.25, 0.3) is 0 Å². The van der Waals surface area contributed by atoms with E-state index in [-0.39, 0.29) is 11.9 Å². The van der Waals surface area contributed by atoms with Crippen LogP contribution >= 0.6 is 0 Å². The van der Waals surface area contributed by atoms with E-state index in [0.717, 1.165) is 16.8 Å². The molecule has 0 saturated heterocycles.